The third-order valence-electron chi connectivity index (χ3n) is 5.25. The van der Waals surface area contributed by atoms with Gasteiger partial charge in [0.05, 0.1) is 0 Å². The minimum absolute atomic E-state index is 0.0281. The lowest BCUT2D eigenvalue weighted by Crippen LogP contribution is -2.34. The average Bonchev–Trinajstić information content (AvgIpc) is 2.74. The molecular formula is C26H39N3O. The van der Waals surface area contributed by atoms with E-state index < -0.39 is 0 Å². The first-order valence-electron chi connectivity index (χ1n) is 11.5. The van der Waals surface area contributed by atoms with Crippen molar-refractivity contribution in [2.75, 3.05) is 42.5 Å². The van der Waals surface area contributed by atoms with Crippen LogP contribution in [0.2, 0.25) is 0 Å². The molecule has 0 radical (unpaired) electrons. The lowest BCUT2D eigenvalue weighted by Gasteiger charge is -2.25. The molecule has 0 saturated carbocycles. The number of nitrogens with one attached hydrogen (secondary N) is 1. The lowest BCUT2D eigenvalue weighted by atomic mass is 10.0. The summed E-state index contributed by atoms with van der Waals surface area (Å²) in [5.74, 6) is 0.0281. The molecule has 0 heterocycles. The predicted molar refractivity (Wildman–Crippen MR) is 130 cm³/mol. The topological polar surface area (TPSA) is 35.6 Å². The van der Waals surface area contributed by atoms with Gasteiger partial charge in [-0.15, -0.1) is 0 Å². The molecule has 0 aliphatic heterocycles. The summed E-state index contributed by atoms with van der Waals surface area (Å²) >= 11 is 0. The van der Waals surface area contributed by atoms with E-state index in [0.717, 1.165) is 39.0 Å². The molecule has 0 aromatic heterocycles. The van der Waals surface area contributed by atoms with Crippen LogP contribution in [0.3, 0.4) is 0 Å². The van der Waals surface area contributed by atoms with Gasteiger partial charge < -0.3 is 15.1 Å². The first-order chi connectivity index (χ1) is 14.6. The maximum atomic E-state index is 11.1. The fourth-order valence-electron chi connectivity index (χ4n) is 3.80. The van der Waals surface area contributed by atoms with Crippen molar-refractivity contribution in [3.05, 3.63) is 59.7 Å². The maximum absolute atomic E-state index is 11.1. The minimum atomic E-state index is 0.0281. The highest BCUT2D eigenvalue weighted by molar-refractivity contribution is 5.72. The van der Waals surface area contributed by atoms with E-state index in [4.69, 9.17) is 0 Å². The van der Waals surface area contributed by atoms with Gasteiger partial charge in [0.15, 0.2) is 0 Å². The molecule has 2 aromatic carbocycles. The van der Waals surface area contributed by atoms with Crippen LogP contribution in [-0.2, 0) is 11.2 Å². The van der Waals surface area contributed by atoms with Gasteiger partial charge in [-0.2, -0.15) is 0 Å². The zero-order valence-corrected chi connectivity index (χ0v) is 19.3. The average molecular weight is 410 g/mol. The summed E-state index contributed by atoms with van der Waals surface area (Å²) in [6.45, 7) is 13.0. The summed E-state index contributed by atoms with van der Waals surface area (Å²) in [6.07, 6.45) is 4.38. The largest absolute Gasteiger partial charge is 0.372 e. The van der Waals surface area contributed by atoms with Crippen LogP contribution in [0.1, 0.15) is 58.1 Å². The Kier molecular flexibility index (Phi) is 10.3. The van der Waals surface area contributed by atoms with Gasteiger partial charge in [0.1, 0.15) is 0 Å². The molecule has 30 heavy (non-hydrogen) atoms. The number of hydrogen-bond acceptors (Lipinski definition) is 3. The molecule has 0 bridgehead atoms. The van der Waals surface area contributed by atoms with Gasteiger partial charge in [0.25, 0.3) is 0 Å². The predicted octanol–water partition coefficient (Wildman–Crippen LogP) is 5.26. The van der Waals surface area contributed by atoms with Gasteiger partial charge in [0, 0.05) is 51.0 Å². The Morgan fingerprint density at radius 2 is 1.10 bits per heavy atom. The van der Waals surface area contributed by atoms with Gasteiger partial charge in [-0.3, -0.25) is 4.79 Å². The van der Waals surface area contributed by atoms with Gasteiger partial charge in [0.2, 0.25) is 5.91 Å². The highest BCUT2D eigenvalue weighted by atomic mass is 16.1. The number of carbonyl (C=O) groups excluding carboxylic acids is 1. The third kappa shape index (κ3) is 7.74. The van der Waals surface area contributed by atoms with Crippen LogP contribution in [0.5, 0.6) is 0 Å². The van der Waals surface area contributed by atoms with E-state index in [0.29, 0.717) is 6.54 Å². The quantitative estimate of drug-likeness (QED) is 0.490. The van der Waals surface area contributed by atoms with Crippen molar-refractivity contribution in [1.29, 1.82) is 0 Å². The molecule has 0 spiro atoms. The van der Waals surface area contributed by atoms with Gasteiger partial charge in [-0.05, 0) is 61.1 Å². The van der Waals surface area contributed by atoms with Crippen molar-refractivity contribution in [1.82, 2.24) is 5.32 Å². The Labute approximate surface area is 183 Å². The van der Waals surface area contributed by atoms with Gasteiger partial charge >= 0.3 is 0 Å². The van der Waals surface area contributed by atoms with Gasteiger partial charge in [-0.1, -0.05) is 45.0 Å². The van der Waals surface area contributed by atoms with E-state index in [1.54, 1.807) is 6.92 Å². The minimum Gasteiger partial charge on any atom is -0.372 e. The molecule has 0 unspecified atom stereocenters. The number of anilines is 2. The second-order valence-electron chi connectivity index (χ2n) is 7.97. The van der Waals surface area contributed by atoms with Crippen molar-refractivity contribution in [3.63, 3.8) is 0 Å². The van der Waals surface area contributed by atoms with Crippen LogP contribution >= 0.6 is 0 Å². The third-order valence-corrected chi connectivity index (χ3v) is 5.25. The summed E-state index contributed by atoms with van der Waals surface area (Å²) in [5, 5.41) is 2.89. The zero-order valence-electron chi connectivity index (χ0n) is 19.3. The normalized spacial score (nSPS) is 10.7. The first-order valence-corrected chi connectivity index (χ1v) is 11.5. The number of amides is 1. The van der Waals surface area contributed by atoms with E-state index in [1.165, 1.54) is 35.3 Å². The molecule has 0 aliphatic rings. The molecule has 4 heteroatoms. The summed E-state index contributed by atoms with van der Waals surface area (Å²) in [4.78, 5) is 15.9. The second kappa shape index (κ2) is 12.9. The highest BCUT2D eigenvalue weighted by Crippen LogP contribution is 2.20. The number of nitrogens with zero attached hydrogens (tertiary/aromatic N) is 2. The summed E-state index contributed by atoms with van der Waals surface area (Å²) in [7, 11) is 0. The molecule has 2 aromatic rings. The van der Waals surface area contributed by atoms with Crippen LogP contribution in [0.4, 0.5) is 11.4 Å². The fourth-order valence-corrected chi connectivity index (χ4v) is 3.80. The second-order valence-corrected chi connectivity index (χ2v) is 7.97. The Morgan fingerprint density at radius 3 is 1.47 bits per heavy atom. The molecule has 1 N–H and O–H groups in total. The van der Waals surface area contributed by atoms with Crippen LogP contribution in [0.25, 0.3) is 0 Å². The van der Waals surface area contributed by atoms with Crippen LogP contribution in [0, 0.1) is 0 Å². The molecule has 164 valence electrons. The molecule has 2 rings (SSSR count). The summed E-state index contributed by atoms with van der Waals surface area (Å²) in [6, 6.07) is 17.9. The first kappa shape index (κ1) is 23.8. The van der Waals surface area contributed by atoms with E-state index in [2.05, 4.69) is 84.4 Å². The molecule has 0 saturated heterocycles. The van der Waals surface area contributed by atoms with Crippen molar-refractivity contribution < 1.29 is 4.79 Å². The van der Waals surface area contributed by atoms with Crippen molar-refractivity contribution in [2.45, 2.75) is 53.4 Å². The molecule has 1 amide bonds. The highest BCUT2D eigenvalue weighted by Gasteiger charge is 2.07. The Balaban J connectivity index is 1.99. The number of benzene rings is 2. The maximum Gasteiger partial charge on any atom is 0.216 e. The molecule has 0 aliphatic carbocycles. The summed E-state index contributed by atoms with van der Waals surface area (Å²) in [5.41, 5.74) is 5.21. The van der Waals surface area contributed by atoms with E-state index in [-0.39, 0.29) is 5.91 Å². The van der Waals surface area contributed by atoms with E-state index in [1.807, 2.05) is 0 Å². The monoisotopic (exact) mass is 409 g/mol. The summed E-state index contributed by atoms with van der Waals surface area (Å²) < 4.78 is 0. The number of hydrogen-bond donors (Lipinski definition) is 1. The molecule has 0 atom stereocenters. The Hall–Kier alpha value is -2.49. The molecular weight excluding hydrogens is 370 g/mol. The fraction of sp³-hybridized carbons (Fsp3) is 0.500. The van der Waals surface area contributed by atoms with Crippen molar-refractivity contribution >= 4 is 17.3 Å². The zero-order chi connectivity index (χ0) is 21.8. The van der Waals surface area contributed by atoms with Crippen molar-refractivity contribution in [2.24, 2.45) is 0 Å². The Morgan fingerprint density at radius 1 is 0.700 bits per heavy atom. The van der Waals surface area contributed by atoms with Crippen LogP contribution in [-0.4, -0.2) is 38.6 Å². The van der Waals surface area contributed by atoms with E-state index >= 15 is 0 Å². The Bertz CT molecular complexity index is 734. The molecule has 0 fully saturated rings. The van der Waals surface area contributed by atoms with E-state index in [9.17, 15) is 4.79 Å². The lowest BCUT2D eigenvalue weighted by molar-refractivity contribution is -0.118. The number of rotatable bonds is 13. The van der Waals surface area contributed by atoms with Gasteiger partial charge in [-0.25, -0.2) is 0 Å². The smallest absolute Gasteiger partial charge is 0.216 e. The molecule has 4 nitrogen and oxygen atoms in total. The standard InChI is InChI=1S/C26H39N3O/c1-5-17-28(18-6-2)25-12-8-23(9-13-25)21-24-10-14-26(15-11-24)29(19-7-3)20-16-27-22(4)30/h8-15H,5-7,16-21H2,1-4H3,(H,27,30). The SMILES string of the molecule is CCCN(CCC)c1ccc(Cc2ccc(N(CCC)CCNC(C)=O)cc2)cc1. The number of carbonyl (C=O) groups is 1. The van der Waals surface area contributed by atoms with Crippen LogP contribution < -0.4 is 15.1 Å². The van der Waals surface area contributed by atoms with Crippen LogP contribution in [0.15, 0.2) is 48.5 Å². The van der Waals surface area contributed by atoms with Crippen molar-refractivity contribution in [3.8, 4) is 0 Å².